The van der Waals surface area contributed by atoms with Crippen LogP contribution in [0.15, 0.2) is 41.3 Å². The fourth-order valence-electron chi connectivity index (χ4n) is 1.42. The van der Waals surface area contributed by atoms with E-state index in [1.165, 1.54) is 10.9 Å². The SMILES string of the molecule is CNc1cnn(-c2ccccc2)c(=O)c1N. The van der Waals surface area contributed by atoms with Gasteiger partial charge in [-0.1, -0.05) is 18.2 Å². The zero-order chi connectivity index (χ0) is 11.5. The van der Waals surface area contributed by atoms with Crippen molar-refractivity contribution in [2.45, 2.75) is 0 Å². The standard InChI is InChI=1S/C11H12N4O/c1-13-9-7-14-15(11(16)10(9)12)8-5-3-2-4-6-8/h2-7,13H,12H2,1H3. The van der Waals surface area contributed by atoms with Gasteiger partial charge in [-0.2, -0.15) is 9.78 Å². The molecule has 0 amide bonds. The average molecular weight is 216 g/mol. The van der Waals surface area contributed by atoms with Crippen molar-refractivity contribution in [2.24, 2.45) is 0 Å². The summed E-state index contributed by atoms with van der Waals surface area (Å²) in [7, 11) is 1.69. The van der Waals surface area contributed by atoms with Crippen LogP contribution in [0.4, 0.5) is 11.4 Å². The van der Waals surface area contributed by atoms with Crippen molar-refractivity contribution in [1.29, 1.82) is 0 Å². The van der Waals surface area contributed by atoms with Gasteiger partial charge in [0.2, 0.25) is 0 Å². The largest absolute Gasteiger partial charge is 0.392 e. The summed E-state index contributed by atoms with van der Waals surface area (Å²) in [5, 5.41) is 6.86. The van der Waals surface area contributed by atoms with Gasteiger partial charge in [0.15, 0.2) is 0 Å². The first-order chi connectivity index (χ1) is 7.74. The predicted octanol–water partition coefficient (Wildman–Crippen LogP) is 0.856. The van der Waals surface area contributed by atoms with Gasteiger partial charge >= 0.3 is 0 Å². The lowest BCUT2D eigenvalue weighted by molar-refractivity contribution is 0.812. The monoisotopic (exact) mass is 216 g/mol. The Balaban J connectivity index is 2.61. The number of hydrogen-bond donors (Lipinski definition) is 2. The maximum Gasteiger partial charge on any atom is 0.296 e. The van der Waals surface area contributed by atoms with Crippen molar-refractivity contribution in [3.05, 3.63) is 46.9 Å². The van der Waals surface area contributed by atoms with Crippen LogP contribution in [0, 0.1) is 0 Å². The van der Waals surface area contributed by atoms with Gasteiger partial charge in [-0.05, 0) is 12.1 Å². The van der Waals surface area contributed by atoms with Gasteiger partial charge in [0.25, 0.3) is 5.56 Å². The van der Waals surface area contributed by atoms with Gasteiger partial charge in [-0.25, -0.2) is 0 Å². The number of para-hydroxylation sites is 1. The van der Waals surface area contributed by atoms with Crippen molar-refractivity contribution in [3.8, 4) is 5.69 Å². The third-order valence-corrected chi connectivity index (χ3v) is 2.29. The fourth-order valence-corrected chi connectivity index (χ4v) is 1.42. The number of nitrogens with zero attached hydrogens (tertiary/aromatic N) is 2. The Morgan fingerprint density at radius 3 is 2.62 bits per heavy atom. The minimum absolute atomic E-state index is 0.168. The first-order valence-electron chi connectivity index (χ1n) is 4.85. The molecule has 0 bridgehead atoms. The van der Waals surface area contributed by atoms with E-state index in [2.05, 4.69) is 10.4 Å². The molecule has 3 N–H and O–H groups in total. The summed E-state index contributed by atoms with van der Waals surface area (Å²) in [5.41, 5.74) is 6.78. The minimum Gasteiger partial charge on any atom is -0.392 e. The smallest absolute Gasteiger partial charge is 0.296 e. The quantitative estimate of drug-likeness (QED) is 0.780. The second kappa shape index (κ2) is 4.06. The minimum atomic E-state index is -0.321. The van der Waals surface area contributed by atoms with Crippen LogP contribution in [0.3, 0.4) is 0 Å². The number of benzene rings is 1. The third-order valence-electron chi connectivity index (χ3n) is 2.29. The molecule has 1 aromatic carbocycles. The summed E-state index contributed by atoms with van der Waals surface area (Å²) < 4.78 is 1.27. The Morgan fingerprint density at radius 1 is 1.31 bits per heavy atom. The predicted molar refractivity (Wildman–Crippen MR) is 63.8 cm³/mol. The van der Waals surface area contributed by atoms with E-state index < -0.39 is 0 Å². The zero-order valence-electron chi connectivity index (χ0n) is 8.84. The topological polar surface area (TPSA) is 72.9 Å². The highest BCUT2D eigenvalue weighted by atomic mass is 16.1. The number of anilines is 2. The average Bonchev–Trinajstić information content (AvgIpc) is 2.34. The Hall–Kier alpha value is -2.30. The lowest BCUT2D eigenvalue weighted by Gasteiger charge is -2.08. The van der Waals surface area contributed by atoms with Crippen LogP contribution in [-0.2, 0) is 0 Å². The van der Waals surface area contributed by atoms with E-state index in [0.717, 1.165) is 0 Å². The number of nitrogens with two attached hydrogens (primary N) is 1. The molecule has 0 saturated carbocycles. The Kier molecular flexibility index (Phi) is 2.59. The van der Waals surface area contributed by atoms with Crippen LogP contribution in [0.5, 0.6) is 0 Å². The zero-order valence-corrected chi connectivity index (χ0v) is 8.84. The van der Waals surface area contributed by atoms with Crippen LogP contribution >= 0.6 is 0 Å². The normalized spacial score (nSPS) is 10.1. The summed E-state index contributed by atoms with van der Waals surface area (Å²) in [6.45, 7) is 0. The molecule has 0 spiro atoms. The molecule has 0 fully saturated rings. The number of hydrogen-bond acceptors (Lipinski definition) is 4. The van der Waals surface area contributed by atoms with Crippen LogP contribution in [0.2, 0.25) is 0 Å². The highest BCUT2D eigenvalue weighted by molar-refractivity contribution is 5.63. The highest BCUT2D eigenvalue weighted by Crippen LogP contribution is 2.11. The van der Waals surface area contributed by atoms with E-state index in [-0.39, 0.29) is 11.2 Å². The van der Waals surface area contributed by atoms with E-state index in [4.69, 9.17) is 5.73 Å². The summed E-state index contributed by atoms with van der Waals surface area (Å²) >= 11 is 0. The number of aromatic nitrogens is 2. The molecule has 0 aliphatic heterocycles. The molecule has 2 aromatic rings. The molecular weight excluding hydrogens is 204 g/mol. The molecule has 0 atom stereocenters. The first-order valence-corrected chi connectivity index (χ1v) is 4.85. The number of nitrogens with one attached hydrogen (secondary N) is 1. The molecule has 82 valence electrons. The van der Waals surface area contributed by atoms with Gasteiger partial charge in [-0.3, -0.25) is 4.79 Å². The molecule has 1 aromatic heterocycles. The van der Waals surface area contributed by atoms with Crippen molar-refractivity contribution in [2.75, 3.05) is 18.1 Å². The van der Waals surface area contributed by atoms with E-state index in [1.54, 1.807) is 19.2 Å². The fraction of sp³-hybridized carbons (Fsp3) is 0.0909. The van der Waals surface area contributed by atoms with E-state index >= 15 is 0 Å². The molecule has 0 saturated heterocycles. The summed E-state index contributed by atoms with van der Waals surface area (Å²) in [4.78, 5) is 11.9. The summed E-state index contributed by atoms with van der Waals surface area (Å²) in [6.07, 6.45) is 1.53. The second-order valence-corrected chi connectivity index (χ2v) is 3.27. The molecule has 16 heavy (non-hydrogen) atoms. The Labute approximate surface area is 92.5 Å². The molecule has 0 aliphatic rings. The van der Waals surface area contributed by atoms with Gasteiger partial charge < -0.3 is 11.1 Å². The number of nitrogen functional groups attached to an aromatic ring is 1. The first kappa shape index (κ1) is 10.2. The van der Waals surface area contributed by atoms with E-state index in [1.807, 2.05) is 18.2 Å². The molecule has 0 unspecified atom stereocenters. The molecule has 0 aliphatic carbocycles. The van der Waals surface area contributed by atoms with Crippen molar-refractivity contribution in [1.82, 2.24) is 9.78 Å². The summed E-state index contributed by atoms with van der Waals surface area (Å²) in [5.74, 6) is 0. The molecule has 1 heterocycles. The van der Waals surface area contributed by atoms with Crippen LogP contribution < -0.4 is 16.6 Å². The summed E-state index contributed by atoms with van der Waals surface area (Å²) in [6, 6.07) is 9.15. The molecule has 2 rings (SSSR count). The van der Waals surface area contributed by atoms with Crippen molar-refractivity contribution in [3.63, 3.8) is 0 Å². The van der Waals surface area contributed by atoms with Gasteiger partial charge in [0.05, 0.1) is 17.6 Å². The van der Waals surface area contributed by atoms with Crippen molar-refractivity contribution >= 4 is 11.4 Å². The van der Waals surface area contributed by atoms with Crippen LogP contribution in [0.1, 0.15) is 0 Å². The van der Waals surface area contributed by atoms with E-state index in [0.29, 0.717) is 11.4 Å². The molecular formula is C11H12N4O. The van der Waals surface area contributed by atoms with Crippen LogP contribution in [-0.4, -0.2) is 16.8 Å². The number of rotatable bonds is 2. The molecule has 5 nitrogen and oxygen atoms in total. The second-order valence-electron chi connectivity index (χ2n) is 3.27. The van der Waals surface area contributed by atoms with Gasteiger partial charge in [0, 0.05) is 7.05 Å². The Morgan fingerprint density at radius 2 is 2.00 bits per heavy atom. The molecule has 0 radical (unpaired) electrons. The lowest BCUT2D eigenvalue weighted by Crippen LogP contribution is -2.24. The lowest BCUT2D eigenvalue weighted by atomic mass is 10.3. The molecule has 5 heteroatoms. The third kappa shape index (κ3) is 1.63. The van der Waals surface area contributed by atoms with E-state index in [9.17, 15) is 4.79 Å². The maximum absolute atomic E-state index is 11.9. The van der Waals surface area contributed by atoms with Crippen molar-refractivity contribution < 1.29 is 0 Å². The van der Waals surface area contributed by atoms with Crippen LogP contribution in [0.25, 0.3) is 5.69 Å². The maximum atomic E-state index is 11.9. The Bertz CT molecular complexity index is 548. The highest BCUT2D eigenvalue weighted by Gasteiger charge is 2.07. The van der Waals surface area contributed by atoms with Gasteiger partial charge in [-0.15, -0.1) is 0 Å². The van der Waals surface area contributed by atoms with Gasteiger partial charge in [0.1, 0.15) is 5.69 Å².